The van der Waals surface area contributed by atoms with Gasteiger partial charge in [0.25, 0.3) is 0 Å². The number of nitrogens with one attached hydrogen (secondary N) is 1. The molecule has 0 aliphatic carbocycles. The topological polar surface area (TPSA) is 37.8 Å². The lowest BCUT2D eigenvalue weighted by atomic mass is 9.98. The van der Waals surface area contributed by atoms with Crippen molar-refractivity contribution in [2.24, 2.45) is 0 Å². The molecular formula is C14H16ClN3. The summed E-state index contributed by atoms with van der Waals surface area (Å²) in [5, 5.41) is 3.71. The van der Waals surface area contributed by atoms with Gasteiger partial charge < -0.3 is 5.32 Å². The summed E-state index contributed by atoms with van der Waals surface area (Å²) < 4.78 is 0. The molecule has 1 aromatic carbocycles. The van der Waals surface area contributed by atoms with Gasteiger partial charge in [-0.15, -0.1) is 0 Å². The quantitative estimate of drug-likeness (QED) is 0.910. The second kappa shape index (κ2) is 5.36. The van der Waals surface area contributed by atoms with E-state index in [4.69, 9.17) is 11.6 Å². The highest BCUT2D eigenvalue weighted by Gasteiger charge is 2.10. The van der Waals surface area contributed by atoms with Gasteiger partial charge in [0.15, 0.2) is 0 Å². The van der Waals surface area contributed by atoms with E-state index in [1.54, 1.807) is 6.20 Å². The van der Waals surface area contributed by atoms with Gasteiger partial charge in [-0.2, -0.15) is 0 Å². The minimum atomic E-state index is 0.165. The fraction of sp³-hybridized carbons (Fsp3) is 0.286. The van der Waals surface area contributed by atoms with Gasteiger partial charge in [0, 0.05) is 0 Å². The number of halogens is 1. The summed E-state index contributed by atoms with van der Waals surface area (Å²) in [6.07, 6.45) is 3.20. The van der Waals surface area contributed by atoms with Crippen molar-refractivity contribution in [3.05, 3.63) is 52.4 Å². The van der Waals surface area contributed by atoms with Gasteiger partial charge in [0.05, 0.1) is 18.4 Å². The number of hydrogen-bond acceptors (Lipinski definition) is 3. The van der Waals surface area contributed by atoms with Crippen molar-refractivity contribution in [3.8, 4) is 0 Å². The maximum absolute atomic E-state index is 5.82. The lowest BCUT2D eigenvalue weighted by Gasteiger charge is -2.18. The van der Waals surface area contributed by atoms with E-state index in [9.17, 15) is 0 Å². The Morgan fingerprint density at radius 3 is 2.72 bits per heavy atom. The summed E-state index contributed by atoms with van der Waals surface area (Å²) in [7, 11) is 0. The summed E-state index contributed by atoms with van der Waals surface area (Å²) in [5.41, 5.74) is 3.85. The van der Waals surface area contributed by atoms with Crippen molar-refractivity contribution in [1.29, 1.82) is 0 Å². The van der Waals surface area contributed by atoms with Crippen LogP contribution in [0.2, 0.25) is 5.15 Å². The Hall–Kier alpha value is -1.61. The fourth-order valence-electron chi connectivity index (χ4n) is 1.95. The Balaban J connectivity index is 2.22. The van der Waals surface area contributed by atoms with E-state index in [0.717, 1.165) is 0 Å². The van der Waals surface area contributed by atoms with Crippen LogP contribution < -0.4 is 5.32 Å². The van der Waals surface area contributed by atoms with Crippen LogP contribution in [-0.4, -0.2) is 9.97 Å². The van der Waals surface area contributed by atoms with Gasteiger partial charge in [0.1, 0.15) is 11.0 Å². The normalized spacial score (nSPS) is 12.2. The number of hydrogen-bond donors (Lipinski definition) is 1. The molecule has 0 aliphatic heterocycles. The van der Waals surface area contributed by atoms with Crippen LogP contribution in [0.25, 0.3) is 0 Å². The van der Waals surface area contributed by atoms with Gasteiger partial charge >= 0.3 is 0 Å². The zero-order valence-corrected chi connectivity index (χ0v) is 11.5. The predicted molar refractivity (Wildman–Crippen MR) is 75.0 cm³/mol. The van der Waals surface area contributed by atoms with Gasteiger partial charge in [-0.25, -0.2) is 4.98 Å². The lowest BCUT2D eigenvalue weighted by molar-refractivity contribution is 0.859. The first-order chi connectivity index (χ1) is 8.58. The molecule has 2 rings (SSSR count). The average Bonchev–Trinajstić information content (AvgIpc) is 2.32. The highest BCUT2D eigenvalue weighted by molar-refractivity contribution is 6.29. The van der Waals surface area contributed by atoms with Crippen molar-refractivity contribution in [2.75, 3.05) is 5.32 Å². The van der Waals surface area contributed by atoms with Gasteiger partial charge in [-0.3, -0.25) is 4.98 Å². The third-order valence-corrected chi connectivity index (χ3v) is 3.26. The maximum atomic E-state index is 5.82. The average molecular weight is 262 g/mol. The Morgan fingerprint density at radius 2 is 2.00 bits per heavy atom. The van der Waals surface area contributed by atoms with Crippen LogP contribution in [0.1, 0.15) is 29.7 Å². The van der Waals surface area contributed by atoms with Crippen molar-refractivity contribution in [3.63, 3.8) is 0 Å². The molecule has 1 aromatic heterocycles. The summed E-state index contributed by atoms with van der Waals surface area (Å²) in [4.78, 5) is 8.20. The summed E-state index contributed by atoms with van der Waals surface area (Å²) in [6.45, 7) is 6.35. The fourth-order valence-corrected chi connectivity index (χ4v) is 2.10. The van der Waals surface area contributed by atoms with Crippen LogP contribution >= 0.6 is 11.6 Å². The summed E-state index contributed by atoms with van der Waals surface area (Å²) in [5.74, 6) is 0.691. The molecule has 0 amide bonds. The SMILES string of the molecule is Cc1cccc(C(C)Nc2cncc(Cl)n2)c1C. The molecular weight excluding hydrogens is 246 g/mol. The second-order valence-corrected chi connectivity index (χ2v) is 4.77. The zero-order valence-electron chi connectivity index (χ0n) is 10.7. The van der Waals surface area contributed by atoms with Gasteiger partial charge in [0.2, 0.25) is 0 Å². The molecule has 0 aliphatic rings. The standard InChI is InChI=1S/C14H16ClN3/c1-9-5-4-6-12(10(9)2)11(3)17-14-8-16-7-13(15)18-14/h4-8,11H,1-3H3,(H,17,18). The minimum Gasteiger partial charge on any atom is -0.362 e. The first-order valence-electron chi connectivity index (χ1n) is 5.88. The molecule has 0 bridgehead atoms. The van der Waals surface area contributed by atoms with Crippen molar-refractivity contribution < 1.29 is 0 Å². The number of anilines is 1. The number of benzene rings is 1. The first kappa shape index (κ1) is 12.8. The molecule has 1 unspecified atom stereocenters. The molecule has 3 nitrogen and oxygen atoms in total. The van der Waals surface area contributed by atoms with E-state index in [1.165, 1.54) is 22.9 Å². The van der Waals surface area contributed by atoms with E-state index >= 15 is 0 Å². The number of aromatic nitrogens is 2. The summed E-state index contributed by atoms with van der Waals surface area (Å²) >= 11 is 5.82. The van der Waals surface area contributed by atoms with E-state index in [-0.39, 0.29) is 6.04 Å². The summed E-state index contributed by atoms with van der Waals surface area (Å²) in [6, 6.07) is 6.47. The largest absolute Gasteiger partial charge is 0.362 e. The molecule has 0 saturated carbocycles. The van der Waals surface area contributed by atoms with Crippen molar-refractivity contribution in [1.82, 2.24) is 9.97 Å². The molecule has 1 atom stereocenters. The van der Waals surface area contributed by atoms with Crippen molar-refractivity contribution in [2.45, 2.75) is 26.8 Å². The van der Waals surface area contributed by atoms with Gasteiger partial charge in [-0.1, -0.05) is 29.8 Å². The van der Waals surface area contributed by atoms with Crippen LogP contribution in [0, 0.1) is 13.8 Å². The molecule has 0 radical (unpaired) electrons. The molecule has 1 N–H and O–H groups in total. The molecule has 0 fully saturated rings. The van der Waals surface area contributed by atoms with E-state index < -0.39 is 0 Å². The van der Waals surface area contributed by atoms with Crippen LogP contribution in [0.5, 0.6) is 0 Å². The van der Waals surface area contributed by atoms with Gasteiger partial charge in [-0.05, 0) is 37.5 Å². The third kappa shape index (κ3) is 2.79. The zero-order chi connectivity index (χ0) is 13.1. The number of nitrogens with zero attached hydrogens (tertiary/aromatic N) is 2. The molecule has 0 saturated heterocycles. The Labute approximate surface area is 112 Å². The Morgan fingerprint density at radius 1 is 1.22 bits per heavy atom. The number of aryl methyl sites for hydroxylation is 1. The monoisotopic (exact) mass is 261 g/mol. The number of rotatable bonds is 3. The smallest absolute Gasteiger partial charge is 0.149 e. The molecule has 1 heterocycles. The Bertz CT molecular complexity index is 554. The molecule has 4 heteroatoms. The molecule has 2 aromatic rings. The highest BCUT2D eigenvalue weighted by Crippen LogP contribution is 2.23. The van der Waals surface area contributed by atoms with Crippen LogP contribution in [-0.2, 0) is 0 Å². The van der Waals surface area contributed by atoms with Crippen molar-refractivity contribution >= 4 is 17.4 Å². The second-order valence-electron chi connectivity index (χ2n) is 4.38. The maximum Gasteiger partial charge on any atom is 0.149 e. The van der Waals surface area contributed by atoms with E-state index in [1.807, 2.05) is 0 Å². The van der Waals surface area contributed by atoms with Crippen LogP contribution in [0.4, 0.5) is 5.82 Å². The van der Waals surface area contributed by atoms with E-state index in [2.05, 4.69) is 54.3 Å². The van der Waals surface area contributed by atoms with E-state index in [0.29, 0.717) is 11.0 Å². The van der Waals surface area contributed by atoms with Crippen LogP contribution in [0.3, 0.4) is 0 Å². The predicted octanol–water partition coefficient (Wildman–Crippen LogP) is 3.92. The third-order valence-electron chi connectivity index (χ3n) is 3.08. The molecule has 18 heavy (non-hydrogen) atoms. The molecule has 94 valence electrons. The first-order valence-corrected chi connectivity index (χ1v) is 6.26. The lowest BCUT2D eigenvalue weighted by Crippen LogP contribution is -2.10. The van der Waals surface area contributed by atoms with Crippen LogP contribution in [0.15, 0.2) is 30.6 Å². The highest BCUT2D eigenvalue weighted by atomic mass is 35.5. The Kier molecular flexibility index (Phi) is 3.82. The minimum absolute atomic E-state index is 0.165. The molecule has 0 spiro atoms.